The first-order valence-electron chi connectivity index (χ1n) is 5.27. The highest BCUT2D eigenvalue weighted by atomic mass is 32.2. The maximum Gasteiger partial charge on any atom is 0.232 e. The fourth-order valence-corrected chi connectivity index (χ4v) is 2.50. The van der Waals surface area contributed by atoms with Crippen molar-refractivity contribution < 1.29 is 13.5 Å². The van der Waals surface area contributed by atoms with Crippen molar-refractivity contribution in [3.63, 3.8) is 0 Å². The smallest absolute Gasteiger partial charge is 0.232 e. The first-order valence-corrected chi connectivity index (χ1v) is 6.93. The van der Waals surface area contributed by atoms with Gasteiger partial charge in [-0.1, -0.05) is 19.1 Å². The largest absolute Gasteiger partial charge is 0.396 e. The van der Waals surface area contributed by atoms with Gasteiger partial charge >= 0.3 is 0 Å². The van der Waals surface area contributed by atoms with Gasteiger partial charge < -0.3 is 5.11 Å². The van der Waals surface area contributed by atoms with E-state index in [2.05, 4.69) is 4.72 Å². The molecule has 0 radical (unpaired) electrons. The first kappa shape index (κ1) is 13.0. The Hall–Kier alpha value is -1.07. The normalized spacial score (nSPS) is 11.4. The summed E-state index contributed by atoms with van der Waals surface area (Å²) in [7, 11) is -3.21. The highest BCUT2D eigenvalue weighted by Crippen LogP contribution is 2.12. The van der Waals surface area contributed by atoms with Gasteiger partial charge in [-0.2, -0.15) is 0 Å². The SMILES string of the molecule is CCCS(=O)(=O)Nc1ccc(CCO)cc1. The second kappa shape index (κ2) is 5.86. The van der Waals surface area contributed by atoms with E-state index in [0.29, 0.717) is 18.5 Å². The van der Waals surface area contributed by atoms with Crippen molar-refractivity contribution in [2.45, 2.75) is 19.8 Å². The standard InChI is InChI=1S/C11H17NO3S/c1-2-9-16(14,15)12-11-5-3-10(4-6-11)7-8-13/h3-6,12-13H,2,7-9H2,1H3. The molecule has 0 heterocycles. The van der Waals surface area contributed by atoms with Gasteiger partial charge in [-0.25, -0.2) is 8.42 Å². The number of aliphatic hydroxyl groups is 1. The third kappa shape index (κ3) is 4.20. The van der Waals surface area contributed by atoms with Crippen molar-refractivity contribution in [2.75, 3.05) is 17.1 Å². The molecule has 0 aliphatic heterocycles. The Morgan fingerprint density at radius 2 is 1.88 bits per heavy atom. The van der Waals surface area contributed by atoms with Gasteiger partial charge in [-0.3, -0.25) is 4.72 Å². The van der Waals surface area contributed by atoms with E-state index >= 15 is 0 Å². The lowest BCUT2D eigenvalue weighted by atomic mass is 10.1. The lowest BCUT2D eigenvalue weighted by Gasteiger charge is -2.07. The van der Waals surface area contributed by atoms with E-state index in [4.69, 9.17) is 5.11 Å². The molecule has 4 nitrogen and oxygen atoms in total. The van der Waals surface area contributed by atoms with Crippen LogP contribution in [0.15, 0.2) is 24.3 Å². The van der Waals surface area contributed by atoms with Crippen LogP contribution in [0.3, 0.4) is 0 Å². The molecule has 1 rings (SSSR count). The molecule has 5 heteroatoms. The van der Waals surface area contributed by atoms with Gasteiger partial charge in [0.05, 0.1) is 5.75 Å². The van der Waals surface area contributed by atoms with Crippen LogP contribution in [0.1, 0.15) is 18.9 Å². The van der Waals surface area contributed by atoms with Crippen LogP contribution in [-0.4, -0.2) is 25.9 Å². The van der Waals surface area contributed by atoms with Crippen LogP contribution in [0.25, 0.3) is 0 Å². The van der Waals surface area contributed by atoms with Crippen molar-refractivity contribution in [1.29, 1.82) is 0 Å². The summed E-state index contributed by atoms with van der Waals surface area (Å²) in [5, 5.41) is 8.73. The van der Waals surface area contributed by atoms with E-state index < -0.39 is 10.0 Å². The molecular weight excluding hydrogens is 226 g/mol. The molecule has 0 aliphatic rings. The summed E-state index contributed by atoms with van der Waals surface area (Å²) in [5.41, 5.74) is 1.55. The number of hydrogen-bond donors (Lipinski definition) is 2. The Morgan fingerprint density at radius 1 is 1.25 bits per heavy atom. The minimum absolute atomic E-state index is 0.0981. The predicted molar refractivity (Wildman–Crippen MR) is 64.9 cm³/mol. The minimum Gasteiger partial charge on any atom is -0.396 e. The summed E-state index contributed by atoms with van der Waals surface area (Å²) in [4.78, 5) is 0. The van der Waals surface area contributed by atoms with E-state index in [9.17, 15) is 8.42 Å². The van der Waals surface area contributed by atoms with E-state index in [1.54, 1.807) is 24.3 Å². The zero-order valence-electron chi connectivity index (χ0n) is 9.31. The zero-order valence-corrected chi connectivity index (χ0v) is 10.1. The first-order chi connectivity index (χ1) is 7.57. The molecule has 0 bridgehead atoms. The Balaban J connectivity index is 2.68. The maximum atomic E-state index is 11.5. The number of nitrogens with one attached hydrogen (secondary N) is 1. The lowest BCUT2D eigenvalue weighted by molar-refractivity contribution is 0.299. The van der Waals surface area contributed by atoms with Crippen LogP contribution in [0, 0.1) is 0 Å². The minimum atomic E-state index is -3.21. The highest BCUT2D eigenvalue weighted by molar-refractivity contribution is 7.92. The molecule has 1 aromatic carbocycles. The number of aliphatic hydroxyl groups excluding tert-OH is 1. The van der Waals surface area contributed by atoms with Gasteiger partial charge in [-0.15, -0.1) is 0 Å². The van der Waals surface area contributed by atoms with Crippen LogP contribution in [0.5, 0.6) is 0 Å². The molecule has 0 unspecified atom stereocenters. The molecule has 0 aromatic heterocycles. The molecule has 0 atom stereocenters. The lowest BCUT2D eigenvalue weighted by Crippen LogP contribution is -2.15. The van der Waals surface area contributed by atoms with Crippen molar-refractivity contribution in [2.24, 2.45) is 0 Å². The molecule has 0 amide bonds. The number of rotatable bonds is 6. The van der Waals surface area contributed by atoms with Gasteiger partial charge in [0, 0.05) is 12.3 Å². The molecule has 0 spiro atoms. The molecule has 0 saturated carbocycles. The summed E-state index contributed by atoms with van der Waals surface area (Å²) in [6, 6.07) is 7.02. The summed E-state index contributed by atoms with van der Waals surface area (Å²) in [6.45, 7) is 1.92. The Bertz CT molecular complexity index is 411. The van der Waals surface area contributed by atoms with Crippen LogP contribution in [-0.2, 0) is 16.4 Å². The van der Waals surface area contributed by atoms with Gasteiger partial charge in [0.1, 0.15) is 0 Å². The van der Waals surface area contributed by atoms with Crippen LogP contribution in [0.2, 0.25) is 0 Å². The summed E-state index contributed by atoms with van der Waals surface area (Å²) < 4.78 is 25.4. The van der Waals surface area contributed by atoms with E-state index in [1.807, 2.05) is 6.92 Å². The summed E-state index contributed by atoms with van der Waals surface area (Å²) >= 11 is 0. The molecule has 2 N–H and O–H groups in total. The molecule has 0 fully saturated rings. The maximum absolute atomic E-state index is 11.5. The topological polar surface area (TPSA) is 66.4 Å². The zero-order chi connectivity index (χ0) is 12.0. The Kier molecular flexibility index (Phi) is 4.76. The molecule has 16 heavy (non-hydrogen) atoms. The monoisotopic (exact) mass is 243 g/mol. The number of benzene rings is 1. The Labute approximate surface area is 96.4 Å². The average molecular weight is 243 g/mol. The van der Waals surface area contributed by atoms with Gasteiger partial charge in [0.15, 0.2) is 0 Å². The van der Waals surface area contributed by atoms with Crippen molar-refractivity contribution in [3.8, 4) is 0 Å². The second-order valence-corrected chi connectivity index (χ2v) is 5.43. The third-order valence-electron chi connectivity index (χ3n) is 2.10. The summed E-state index contributed by atoms with van der Waals surface area (Å²) in [6.07, 6.45) is 1.18. The fraction of sp³-hybridized carbons (Fsp3) is 0.455. The third-order valence-corrected chi connectivity index (χ3v) is 3.59. The van der Waals surface area contributed by atoms with Crippen LogP contribution in [0.4, 0.5) is 5.69 Å². The summed E-state index contributed by atoms with van der Waals surface area (Å²) in [5.74, 6) is 0.130. The van der Waals surface area contributed by atoms with E-state index in [1.165, 1.54) is 0 Å². The fourth-order valence-electron chi connectivity index (χ4n) is 1.37. The molecule has 0 aliphatic carbocycles. The van der Waals surface area contributed by atoms with Crippen LogP contribution < -0.4 is 4.72 Å². The Morgan fingerprint density at radius 3 is 2.38 bits per heavy atom. The highest BCUT2D eigenvalue weighted by Gasteiger charge is 2.07. The molecule has 0 saturated heterocycles. The molecule has 90 valence electrons. The quantitative estimate of drug-likeness (QED) is 0.793. The second-order valence-electron chi connectivity index (χ2n) is 3.59. The average Bonchev–Trinajstić information content (AvgIpc) is 2.21. The molecule has 1 aromatic rings. The van der Waals surface area contributed by atoms with Crippen molar-refractivity contribution in [3.05, 3.63) is 29.8 Å². The number of hydrogen-bond acceptors (Lipinski definition) is 3. The van der Waals surface area contributed by atoms with Crippen LogP contribution >= 0.6 is 0 Å². The van der Waals surface area contributed by atoms with Crippen molar-refractivity contribution in [1.82, 2.24) is 0 Å². The predicted octanol–water partition coefficient (Wildman–Crippen LogP) is 1.37. The van der Waals surface area contributed by atoms with Gasteiger partial charge in [0.25, 0.3) is 0 Å². The van der Waals surface area contributed by atoms with Gasteiger partial charge in [-0.05, 0) is 30.5 Å². The number of anilines is 1. The van der Waals surface area contributed by atoms with Gasteiger partial charge in [0.2, 0.25) is 10.0 Å². The van der Waals surface area contributed by atoms with E-state index in [-0.39, 0.29) is 12.4 Å². The molecular formula is C11H17NO3S. The van der Waals surface area contributed by atoms with Crippen molar-refractivity contribution >= 4 is 15.7 Å². The van der Waals surface area contributed by atoms with E-state index in [0.717, 1.165) is 5.56 Å². The number of sulfonamides is 1.